The molecule has 2 N–H and O–H groups in total. The van der Waals surface area contributed by atoms with Crippen molar-refractivity contribution in [3.05, 3.63) is 0 Å². The SMILES string of the molecule is COC(=O)C1CCN(C(=O)NC2(C(=O)O)CC2)C1. The first-order valence-corrected chi connectivity index (χ1v) is 5.87. The van der Waals surface area contributed by atoms with Gasteiger partial charge in [-0.3, -0.25) is 4.79 Å². The van der Waals surface area contributed by atoms with Gasteiger partial charge in [0.25, 0.3) is 0 Å². The molecule has 1 aliphatic carbocycles. The van der Waals surface area contributed by atoms with E-state index in [0.717, 1.165) is 0 Å². The Bertz CT molecular complexity index is 391. The van der Waals surface area contributed by atoms with Crippen LogP contribution < -0.4 is 5.32 Å². The van der Waals surface area contributed by atoms with Gasteiger partial charge in [0.15, 0.2) is 0 Å². The van der Waals surface area contributed by atoms with E-state index in [4.69, 9.17) is 5.11 Å². The van der Waals surface area contributed by atoms with Gasteiger partial charge in [0, 0.05) is 13.1 Å². The Morgan fingerprint density at radius 1 is 1.39 bits per heavy atom. The smallest absolute Gasteiger partial charge is 0.329 e. The number of amides is 2. The van der Waals surface area contributed by atoms with E-state index in [9.17, 15) is 14.4 Å². The Morgan fingerprint density at radius 3 is 2.56 bits per heavy atom. The van der Waals surface area contributed by atoms with E-state index in [2.05, 4.69) is 10.1 Å². The van der Waals surface area contributed by atoms with Gasteiger partial charge in [0.1, 0.15) is 5.54 Å². The summed E-state index contributed by atoms with van der Waals surface area (Å²) in [5, 5.41) is 11.5. The number of carboxylic acid groups (broad SMARTS) is 1. The molecule has 1 atom stereocenters. The summed E-state index contributed by atoms with van der Waals surface area (Å²) in [5.41, 5.74) is -1.08. The highest BCUT2D eigenvalue weighted by Gasteiger charge is 2.52. The Morgan fingerprint density at radius 2 is 2.06 bits per heavy atom. The summed E-state index contributed by atoms with van der Waals surface area (Å²) in [6.45, 7) is 0.732. The number of carbonyl (C=O) groups excluding carboxylic acids is 2. The fraction of sp³-hybridized carbons (Fsp3) is 0.727. The number of carboxylic acids is 1. The highest BCUT2D eigenvalue weighted by molar-refractivity contribution is 5.89. The maximum atomic E-state index is 11.9. The molecule has 7 nitrogen and oxygen atoms in total. The number of esters is 1. The number of likely N-dealkylation sites (tertiary alicyclic amines) is 1. The number of aliphatic carboxylic acids is 1. The molecule has 2 amide bonds. The first-order chi connectivity index (χ1) is 8.48. The standard InChI is InChI=1S/C11H16N2O5/c1-18-8(14)7-2-5-13(6-7)10(17)12-11(3-4-11)9(15)16/h7H,2-6H2,1H3,(H,12,17)(H,15,16). The molecule has 0 bridgehead atoms. The van der Waals surface area contributed by atoms with Gasteiger partial charge in [0.05, 0.1) is 13.0 Å². The molecule has 2 fully saturated rings. The van der Waals surface area contributed by atoms with Gasteiger partial charge in [0.2, 0.25) is 0 Å². The van der Waals surface area contributed by atoms with Crippen molar-refractivity contribution in [3.8, 4) is 0 Å². The highest BCUT2D eigenvalue weighted by Crippen LogP contribution is 2.35. The fourth-order valence-electron chi connectivity index (χ4n) is 2.10. The average Bonchev–Trinajstić information content (AvgIpc) is 2.95. The lowest BCUT2D eigenvalue weighted by molar-refractivity contribution is -0.145. The predicted molar refractivity (Wildman–Crippen MR) is 59.8 cm³/mol. The number of hydrogen-bond acceptors (Lipinski definition) is 4. The molecule has 1 aliphatic heterocycles. The topological polar surface area (TPSA) is 95.9 Å². The number of urea groups is 1. The summed E-state index contributed by atoms with van der Waals surface area (Å²) in [6.07, 6.45) is 1.48. The molecule has 18 heavy (non-hydrogen) atoms. The van der Waals surface area contributed by atoms with Crippen LogP contribution >= 0.6 is 0 Å². The van der Waals surface area contributed by atoms with Crippen molar-refractivity contribution < 1.29 is 24.2 Å². The molecule has 0 spiro atoms. The Hall–Kier alpha value is -1.79. The van der Waals surface area contributed by atoms with Gasteiger partial charge >= 0.3 is 18.0 Å². The van der Waals surface area contributed by atoms with E-state index in [1.165, 1.54) is 12.0 Å². The number of hydrogen-bond donors (Lipinski definition) is 2. The second kappa shape index (κ2) is 4.47. The molecule has 100 valence electrons. The van der Waals surface area contributed by atoms with Gasteiger partial charge in [-0.05, 0) is 19.3 Å². The van der Waals surface area contributed by atoms with Crippen molar-refractivity contribution in [2.75, 3.05) is 20.2 Å². The van der Waals surface area contributed by atoms with E-state index in [0.29, 0.717) is 25.8 Å². The van der Waals surface area contributed by atoms with Crippen molar-refractivity contribution in [3.63, 3.8) is 0 Å². The van der Waals surface area contributed by atoms with Crippen LogP contribution in [0.15, 0.2) is 0 Å². The molecule has 0 radical (unpaired) electrons. The number of rotatable bonds is 3. The molecule has 1 saturated heterocycles. The van der Waals surface area contributed by atoms with Crippen molar-refractivity contribution in [1.82, 2.24) is 10.2 Å². The van der Waals surface area contributed by atoms with Crippen LogP contribution in [-0.4, -0.2) is 53.7 Å². The molecule has 0 aromatic rings. The van der Waals surface area contributed by atoms with E-state index < -0.39 is 17.5 Å². The molecular weight excluding hydrogens is 240 g/mol. The third kappa shape index (κ3) is 2.25. The van der Waals surface area contributed by atoms with Crippen LogP contribution in [0.4, 0.5) is 4.79 Å². The third-order valence-electron chi connectivity index (χ3n) is 3.52. The van der Waals surface area contributed by atoms with Gasteiger partial charge in [-0.1, -0.05) is 0 Å². The minimum Gasteiger partial charge on any atom is -0.480 e. The lowest BCUT2D eigenvalue weighted by atomic mass is 10.1. The molecule has 7 heteroatoms. The summed E-state index contributed by atoms with van der Waals surface area (Å²) in [7, 11) is 1.31. The molecule has 1 heterocycles. The summed E-state index contributed by atoms with van der Waals surface area (Å²) in [6, 6.07) is -0.415. The second-order valence-electron chi connectivity index (χ2n) is 4.77. The number of nitrogens with zero attached hydrogens (tertiary/aromatic N) is 1. The number of ether oxygens (including phenoxy) is 1. The molecule has 2 rings (SSSR count). The summed E-state index contributed by atoms with van der Waals surface area (Å²) in [5.74, 6) is -1.63. The minimum atomic E-state index is -1.08. The van der Waals surface area contributed by atoms with E-state index in [-0.39, 0.29) is 18.4 Å². The highest BCUT2D eigenvalue weighted by atomic mass is 16.5. The fourth-order valence-corrected chi connectivity index (χ4v) is 2.10. The zero-order chi connectivity index (χ0) is 13.3. The number of carbonyl (C=O) groups is 3. The van der Waals surface area contributed by atoms with E-state index >= 15 is 0 Å². The molecule has 2 aliphatic rings. The molecule has 1 saturated carbocycles. The summed E-state index contributed by atoms with van der Waals surface area (Å²) in [4.78, 5) is 35.6. The first kappa shape index (κ1) is 12.7. The number of methoxy groups -OCH3 is 1. The third-order valence-corrected chi connectivity index (χ3v) is 3.52. The van der Waals surface area contributed by atoms with Crippen molar-refractivity contribution in [1.29, 1.82) is 0 Å². The second-order valence-corrected chi connectivity index (χ2v) is 4.77. The molecular formula is C11H16N2O5. The van der Waals surface area contributed by atoms with Gasteiger partial charge in [-0.2, -0.15) is 0 Å². The van der Waals surface area contributed by atoms with Gasteiger partial charge in [-0.25, -0.2) is 9.59 Å². The summed E-state index contributed by atoms with van der Waals surface area (Å²) >= 11 is 0. The number of nitrogens with one attached hydrogen (secondary N) is 1. The molecule has 1 unspecified atom stereocenters. The Balaban J connectivity index is 1.88. The van der Waals surface area contributed by atoms with Crippen LogP contribution in [0.3, 0.4) is 0 Å². The van der Waals surface area contributed by atoms with Crippen molar-refractivity contribution in [2.24, 2.45) is 5.92 Å². The van der Waals surface area contributed by atoms with Crippen LogP contribution in [0.2, 0.25) is 0 Å². The largest absolute Gasteiger partial charge is 0.480 e. The lowest BCUT2D eigenvalue weighted by Gasteiger charge is -2.20. The van der Waals surface area contributed by atoms with Crippen molar-refractivity contribution >= 4 is 18.0 Å². The van der Waals surface area contributed by atoms with Crippen LogP contribution in [0, 0.1) is 5.92 Å². The molecule has 0 aromatic carbocycles. The predicted octanol–water partition coefficient (Wildman–Crippen LogP) is -0.192. The zero-order valence-electron chi connectivity index (χ0n) is 10.1. The van der Waals surface area contributed by atoms with Crippen LogP contribution in [-0.2, 0) is 14.3 Å². The maximum Gasteiger partial charge on any atom is 0.329 e. The van der Waals surface area contributed by atoms with Crippen LogP contribution in [0.25, 0.3) is 0 Å². The lowest BCUT2D eigenvalue weighted by Crippen LogP contribution is -2.49. The quantitative estimate of drug-likeness (QED) is 0.682. The average molecular weight is 256 g/mol. The maximum absolute atomic E-state index is 11.9. The first-order valence-electron chi connectivity index (χ1n) is 5.87. The molecule has 0 aromatic heterocycles. The van der Waals surface area contributed by atoms with E-state index in [1.54, 1.807) is 0 Å². The minimum absolute atomic E-state index is 0.286. The van der Waals surface area contributed by atoms with Crippen LogP contribution in [0.1, 0.15) is 19.3 Å². The monoisotopic (exact) mass is 256 g/mol. The van der Waals surface area contributed by atoms with Crippen LogP contribution in [0.5, 0.6) is 0 Å². The van der Waals surface area contributed by atoms with Gasteiger partial charge in [-0.15, -0.1) is 0 Å². The Kier molecular flexibility index (Phi) is 3.14. The zero-order valence-corrected chi connectivity index (χ0v) is 10.1. The normalized spacial score (nSPS) is 24.5. The Labute approximate surface area is 104 Å². The van der Waals surface area contributed by atoms with E-state index in [1.807, 2.05) is 0 Å². The van der Waals surface area contributed by atoms with Crippen molar-refractivity contribution in [2.45, 2.75) is 24.8 Å². The van der Waals surface area contributed by atoms with Gasteiger partial charge < -0.3 is 20.1 Å². The summed E-state index contributed by atoms with van der Waals surface area (Å²) < 4.78 is 4.62.